The predicted octanol–water partition coefficient (Wildman–Crippen LogP) is 29.7. The third-order valence-corrected chi connectivity index (χ3v) is 15.0. The zero-order valence-electron chi connectivity index (χ0n) is 77.6. The first kappa shape index (κ1) is 71.3. The van der Waals surface area contributed by atoms with Crippen molar-refractivity contribution in [2.45, 2.75) is 385 Å². The predicted molar refractivity (Wildman–Crippen MR) is 377 cm³/mol. The molecule has 0 radical (unpaired) electrons. The summed E-state index contributed by atoms with van der Waals surface area (Å²) < 4.78 is 97.4. The van der Waals surface area contributed by atoms with Gasteiger partial charge in [0.05, 0.1) is 0 Å². The molecule has 0 spiro atoms. The van der Waals surface area contributed by atoms with Gasteiger partial charge in [0, 0.05) is 17.8 Å². The van der Waals surface area contributed by atoms with Crippen molar-refractivity contribution in [3.05, 3.63) is 0 Å². The van der Waals surface area contributed by atoms with E-state index in [4.69, 9.17) is 17.8 Å². The highest BCUT2D eigenvalue weighted by Crippen LogP contribution is 2.39. The summed E-state index contributed by atoms with van der Waals surface area (Å²) in [6.07, 6.45) is -0.0359. The summed E-state index contributed by atoms with van der Waals surface area (Å²) >= 11 is 0. The van der Waals surface area contributed by atoms with Crippen molar-refractivity contribution < 1.29 is 17.8 Å². The van der Waals surface area contributed by atoms with Crippen LogP contribution >= 0.6 is 0 Å². The zero-order valence-corrected chi connectivity index (χ0v) is 64.6. The molecular weight excluding hydrogens is 925 g/mol. The molecular formula is C77H176. The van der Waals surface area contributed by atoms with Crippen molar-refractivity contribution in [2.24, 2.45) is 121 Å². The van der Waals surface area contributed by atoms with Crippen LogP contribution in [-0.2, 0) is 0 Å². The lowest BCUT2D eigenvalue weighted by molar-refractivity contribution is 0.121. The summed E-state index contributed by atoms with van der Waals surface area (Å²) in [5.74, 6) is 0.951. The highest BCUT2D eigenvalue weighted by molar-refractivity contribution is 4.80. The minimum Gasteiger partial charge on any atom is -0.0651 e. The summed E-state index contributed by atoms with van der Waals surface area (Å²) in [5.41, 5.74) is 0.333. The van der Waals surface area contributed by atoms with Gasteiger partial charge in [-0.25, -0.2) is 0 Å². The van der Waals surface area contributed by atoms with Gasteiger partial charge in [-0.1, -0.05) is 385 Å². The van der Waals surface area contributed by atoms with Gasteiger partial charge in [0.25, 0.3) is 0 Å². The van der Waals surface area contributed by atoms with Crippen molar-refractivity contribution in [2.75, 3.05) is 0 Å². The second-order valence-corrected chi connectivity index (χ2v) is 31.7. The molecule has 0 bridgehead atoms. The lowest BCUT2D eigenvalue weighted by Gasteiger charge is -2.38. The molecule has 0 saturated heterocycles. The Morgan fingerprint density at radius 3 is 0.584 bits per heavy atom. The molecule has 0 aliphatic rings. The lowest BCUT2D eigenvalue weighted by atomic mass is 9.68. The third kappa shape index (κ3) is 102. The van der Waals surface area contributed by atoms with Gasteiger partial charge in [0.15, 0.2) is 0 Å². The molecule has 5 atom stereocenters. The van der Waals surface area contributed by atoms with Crippen LogP contribution in [0.3, 0.4) is 0 Å². The van der Waals surface area contributed by atoms with E-state index in [1.165, 1.54) is 0 Å². The molecule has 5 unspecified atom stereocenters. The summed E-state index contributed by atoms with van der Waals surface area (Å²) in [7, 11) is 0. The van der Waals surface area contributed by atoms with E-state index in [0.717, 1.165) is 12.8 Å². The smallest absolute Gasteiger partial charge is 0.0311 e. The third-order valence-electron chi connectivity index (χ3n) is 15.0. The molecule has 0 aliphatic carbocycles. The minimum atomic E-state index is -1.06. The topological polar surface area (TPSA) is 0 Å². The maximum atomic E-state index is 8.23. The van der Waals surface area contributed by atoms with Crippen molar-refractivity contribution in [1.29, 1.82) is 0 Å². The summed E-state index contributed by atoms with van der Waals surface area (Å²) in [5, 5.41) is 0. The Hall–Kier alpha value is 0. The van der Waals surface area contributed by atoms with E-state index in [-0.39, 0.29) is 97.9 Å². The maximum Gasteiger partial charge on any atom is 0.0311 e. The highest BCUT2D eigenvalue weighted by Gasteiger charge is 2.30. The van der Waals surface area contributed by atoms with Gasteiger partial charge >= 0.3 is 0 Å². The van der Waals surface area contributed by atoms with E-state index in [0.29, 0.717) is 35.5 Å². The van der Waals surface area contributed by atoms with E-state index in [2.05, 4.69) is 222 Å². The van der Waals surface area contributed by atoms with E-state index >= 15 is 0 Å². The number of rotatable bonds is 9. The van der Waals surface area contributed by atoms with Crippen LogP contribution < -0.4 is 0 Å². The SMILES string of the molecule is [2H]C(C)(C(C)(C)C)C(C)(C)C.[2H]C(C)(C(C)C)C(C)(C)C.[2H]C(C)(C(C)C)C(C)C.[2H]C(C)(C)C(C)(C)C.[2H]C(C)(C)C(C)C.[2H]C(C)(CC)C(C)(C)C.[2H]C(C)(CC)C(C)C.[2H]C(C)C(C)(C)C.[2H]C(C)C(C)C.[2H]C([2H])(C)C(C)(C)C.[2H]C([2H])(C)C(C)C. The monoisotopic (exact) mass is 1110 g/mol. The molecule has 0 aliphatic heterocycles. The van der Waals surface area contributed by atoms with Crippen LogP contribution in [-0.4, -0.2) is 0 Å². The van der Waals surface area contributed by atoms with Crippen LogP contribution in [0.15, 0.2) is 0 Å². The van der Waals surface area contributed by atoms with Crippen LogP contribution in [0.1, 0.15) is 402 Å². The normalized spacial score (nSPS) is 18.6. The first-order chi connectivity index (χ1) is 37.9. The molecule has 0 rings (SSSR count). The molecule has 0 amide bonds. The fourth-order valence-electron chi connectivity index (χ4n) is 3.60. The first-order valence-electron chi connectivity index (χ1n) is 37.9. The molecule has 0 heterocycles. The second kappa shape index (κ2) is 52.8. The zero-order chi connectivity index (χ0) is 77.6. The highest BCUT2D eigenvalue weighted by atomic mass is 14.4. The van der Waals surface area contributed by atoms with E-state index in [1.54, 1.807) is 13.8 Å². The number of hydrogen-bond acceptors (Lipinski definition) is 0. The Kier molecular flexibility index (Phi) is 48.8. The van der Waals surface area contributed by atoms with Crippen molar-refractivity contribution in [3.63, 3.8) is 0 Å². The summed E-state index contributed by atoms with van der Waals surface area (Å²) in [6.45, 7) is 101. The molecule has 0 nitrogen and oxygen atoms in total. The Morgan fingerprint density at radius 1 is 0.338 bits per heavy atom. The van der Waals surface area contributed by atoms with Crippen LogP contribution in [0, 0.1) is 121 Å². The average Bonchev–Trinajstić information content (AvgIpc) is 3.24. The fourth-order valence-corrected chi connectivity index (χ4v) is 3.60. The molecule has 484 valence electrons. The van der Waals surface area contributed by atoms with Gasteiger partial charge in [-0.05, 0) is 121 Å². The molecule has 0 N–H and O–H groups in total. The molecule has 0 fully saturated rings. The van der Waals surface area contributed by atoms with E-state index in [1.807, 2.05) is 111 Å². The second-order valence-electron chi connectivity index (χ2n) is 31.7. The molecule has 0 heteroatoms. The maximum absolute atomic E-state index is 8.23. The van der Waals surface area contributed by atoms with Crippen molar-refractivity contribution in [3.8, 4) is 0 Å². The Balaban J connectivity index is -0.0000000851. The molecule has 0 aromatic rings. The van der Waals surface area contributed by atoms with Crippen LogP contribution in [0.25, 0.3) is 0 Å². The summed E-state index contributed by atoms with van der Waals surface area (Å²) in [6, 6.07) is 0. The fraction of sp³-hybridized carbons (Fsp3) is 1.00. The Morgan fingerprint density at radius 2 is 0.584 bits per heavy atom. The average molecular weight is 1120 g/mol. The van der Waals surface area contributed by atoms with Crippen molar-refractivity contribution in [1.82, 2.24) is 0 Å². The lowest BCUT2D eigenvalue weighted by Crippen LogP contribution is -2.29. The molecule has 0 aromatic carbocycles. The summed E-state index contributed by atoms with van der Waals surface area (Å²) in [4.78, 5) is 0. The molecule has 0 aromatic heterocycles. The minimum absolute atomic E-state index is 0.0469. The number of hydrogen-bond donors (Lipinski definition) is 0. The van der Waals surface area contributed by atoms with Crippen molar-refractivity contribution >= 4 is 0 Å². The molecule has 77 heavy (non-hydrogen) atoms. The quantitative estimate of drug-likeness (QED) is 0.216. The van der Waals surface area contributed by atoms with E-state index < -0.39 is 12.7 Å². The Bertz CT molecular complexity index is 1520. The van der Waals surface area contributed by atoms with Gasteiger partial charge < -0.3 is 0 Å². The van der Waals surface area contributed by atoms with Gasteiger partial charge in [0.1, 0.15) is 0 Å². The Labute approximate surface area is 521 Å². The largest absolute Gasteiger partial charge is 0.0651 e. The van der Waals surface area contributed by atoms with E-state index in [9.17, 15) is 0 Å². The standard InChI is InChI=1S/C10H22.C9H20.2C8H18.2C7H16.3C6H14.2C5H12/c1-8(9(2,3)4)10(5,6)7;1-7(2)8(3)9(4,5)6;1-6-7(2)8(3,4)5;1-6(2)8(5)7(3)4;1-6(2)7(3,4)5;1-5-7(4)6(2)3;2*1-5-6(2,3)4;1-5(2)6(3)4;2*1-4-5(2)3/h8H,1-7H3;7-8H,1-6H3;7H,6H2,1-5H3;6-8H,1-5H3;6H,1-5H3;6-7H,5H2,1-4H3;2*5H2,1-4H3;5-6H,1-4H3;2*5H,4H2,1-3H3/i2*8D;7D;8D;6D;7D;5D2;2*5D;4D2;4D. The van der Waals surface area contributed by atoms with Crippen LogP contribution in [0.2, 0.25) is 0 Å². The van der Waals surface area contributed by atoms with Gasteiger partial charge in [-0.3, -0.25) is 0 Å². The van der Waals surface area contributed by atoms with Gasteiger partial charge in [-0.15, -0.1) is 0 Å². The van der Waals surface area contributed by atoms with Crippen LogP contribution in [0.5, 0.6) is 0 Å². The first-order valence-corrected chi connectivity index (χ1v) is 31.2. The molecule has 0 saturated carbocycles. The van der Waals surface area contributed by atoms with Gasteiger partial charge in [0.2, 0.25) is 0 Å². The van der Waals surface area contributed by atoms with Gasteiger partial charge in [-0.2, -0.15) is 0 Å². The van der Waals surface area contributed by atoms with Crippen LogP contribution in [0.4, 0.5) is 0 Å².